The van der Waals surface area contributed by atoms with Crippen molar-refractivity contribution in [3.05, 3.63) is 52.5 Å². The lowest BCUT2D eigenvalue weighted by Crippen LogP contribution is -2.31. The SMILES string of the molecule is Cc1nc2n(n1)C(c1cc(F)cc(F)c1)C1=C(CCCC1=O)N2. The molecule has 4 rings (SSSR count). The van der Waals surface area contributed by atoms with Crippen molar-refractivity contribution in [1.82, 2.24) is 14.8 Å². The van der Waals surface area contributed by atoms with Crippen molar-refractivity contribution in [3.8, 4) is 0 Å². The molecule has 2 aromatic rings. The van der Waals surface area contributed by atoms with Gasteiger partial charge in [-0.25, -0.2) is 13.5 Å². The van der Waals surface area contributed by atoms with Crippen molar-refractivity contribution in [2.75, 3.05) is 5.32 Å². The number of hydrogen-bond donors (Lipinski definition) is 1. The standard InChI is InChI=1S/C16H14F2N4O/c1-8-19-16-20-12-3-2-4-13(23)14(12)15(22(16)21-8)9-5-10(17)7-11(18)6-9/h5-7,15H,2-4H2,1H3,(H,19,20,21). The van der Waals surface area contributed by atoms with E-state index < -0.39 is 17.7 Å². The van der Waals surface area contributed by atoms with E-state index in [1.54, 1.807) is 6.92 Å². The zero-order chi connectivity index (χ0) is 16.1. The summed E-state index contributed by atoms with van der Waals surface area (Å²) >= 11 is 0. The summed E-state index contributed by atoms with van der Waals surface area (Å²) in [5.41, 5.74) is 1.66. The van der Waals surface area contributed by atoms with E-state index in [1.165, 1.54) is 16.8 Å². The lowest BCUT2D eigenvalue weighted by Gasteiger charge is -2.32. The lowest BCUT2D eigenvalue weighted by molar-refractivity contribution is -0.116. The molecular weight excluding hydrogens is 302 g/mol. The number of fused-ring (bicyclic) bond motifs is 1. The number of benzene rings is 1. The molecule has 0 bridgehead atoms. The number of Topliss-reactive ketones (excluding diaryl/α,β-unsaturated/α-hetero) is 1. The summed E-state index contributed by atoms with van der Waals surface area (Å²) < 4.78 is 28.9. The van der Waals surface area contributed by atoms with Gasteiger partial charge in [0.2, 0.25) is 5.95 Å². The molecule has 5 nitrogen and oxygen atoms in total. The number of hydrogen-bond acceptors (Lipinski definition) is 4. The fourth-order valence-corrected chi connectivity index (χ4v) is 3.30. The zero-order valence-corrected chi connectivity index (χ0v) is 12.4. The number of ketones is 1. The highest BCUT2D eigenvalue weighted by Gasteiger charge is 2.36. The largest absolute Gasteiger partial charge is 0.328 e. The summed E-state index contributed by atoms with van der Waals surface area (Å²) in [4.78, 5) is 16.7. The van der Waals surface area contributed by atoms with Gasteiger partial charge in [0, 0.05) is 23.8 Å². The summed E-state index contributed by atoms with van der Waals surface area (Å²) in [7, 11) is 0. The predicted octanol–water partition coefficient (Wildman–Crippen LogP) is 2.89. The van der Waals surface area contributed by atoms with E-state index in [0.717, 1.165) is 18.2 Å². The van der Waals surface area contributed by atoms with Crippen LogP contribution in [0.4, 0.5) is 14.7 Å². The fourth-order valence-electron chi connectivity index (χ4n) is 3.30. The van der Waals surface area contributed by atoms with Gasteiger partial charge in [-0.2, -0.15) is 10.1 Å². The molecule has 1 N–H and O–H groups in total. The summed E-state index contributed by atoms with van der Waals surface area (Å²) in [6.07, 6.45) is 1.89. The number of nitrogens with one attached hydrogen (secondary N) is 1. The number of rotatable bonds is 1. The molecule has 0 radical (unpaired) electrons. The Morgan fingerprint density at radius 2 is 1.96 bits per heavy atom. The van der Waals surface area contributed by atoms with Gasteiger partial charge in [-0.3, -0.25) is 4.79 Å². The molecule has 2 aliphatic rings. The number of allylic oxidation sites excluding steroid dienone is 2. The van der Waals surface area contributed by atoms with Crippen molar-refractivity contribution in [2.24, 2.45) is 0 Å². The molecule has 1 atom stereocenters. The molecule has 1 aromatic heterocycles. The molecule has 0 amide bonds. The summed E-state index contributed by atoms with van der Waals surface area (Å²) in [6.45, 7) is 1.73. The highest BCUT2D eigenvalue weighted by molar-refractivity contribution is 5.99. The van der Waals surface area contributed by atoms with E-state index in [9.17, 15) is 13.6 Å². The van der Waals surface area contributed by atoms with Gasteiger partial charge in [-0.05, 0) is 37.5 Å². The number of aryl methyl sites for hydroxylation is 1. The third-order valence-electron chi connectivity index (χ3n) is 4.17. The van der Waals surface area contributed by atoms with Crippen LogP contribution in [0.3, 0.4) is 0 Å². The number of aromatic nitrogens is 3. The Bertz CT molecular complexity index is 836. The minimum atomic E-state index is -0.678. The smallest absolute Gasteiger partial charge is 0.226 e. The first kappa shape index (κ1) is 14.0. The third kappa shape index (κ3) is 2.23. The van der Waals surface area contributed by atoms with Gasteiger partial charge in [-0.15, -0.1) is 0 Å². The van der Waals surface area contributed by atoms with E-state index in [1.807, 2.05) is 0 Å². The van der Waals surface area contributed by atoms with Crippen LogP contribution in [0.15, 0.2) is 29.5 Å². The molecule has 2 heterocycles. The molecule has 0 saturated carbocycles. The second-order valence-corrected chi connectivity index (χ2v) is 5.83. The van der Waals surface area contributed by atoms with E-state index in [4.69, 9.17) is 0 Å². The Hall–Kier alpha value is -2.57. The van der Waals surface area contributed by atoms with Crippen molar-refractivity contribution in [3.63, 3.8) is 0 Å². The maximum Gasteiger partial charge on any atom is 0.226 e. The van der Waals surface area contributed by atoms with Crippen molar-refractivity contribution < 1.29 is 13.6 Å². The van der Waals surface area contributed by atoms with Crippen LogP contribution in [0, 0.1) is 18.6 Å². The molecule has 118 valence electrons. The van der Waals surface area contributed by atoms with Gasteiger partial charge in [-0.1, -0.05) is 0 Å². The van der Waals surface area contributed by atoms with E-state index in [0.29, 0.717) is 35.8 Å². The van der Waals surface area contributed by atoms with Crippen molar-refractivity contribution in [2.45, 2.75) is 32.2 Å². The van der Waals surface area contributed by atoms with Gasteiger partial charge >= 0.3 is 0 Å². The first-order chi connectivity index (χ1) is 11.0. The lowest BCUT2D eigenvalue weighted by atomic mass is 9.85. The van der Waals surface area contributed by atoms with Crippen LogP contribution in [0.25, 0.3) is 0 Å². The van der Waals surface area contributed by atoms with Gasteiger partial charge in [0.05, 0.1) is 0 Å². The average molecular weight is 316 g/mol. The van der Waals surface area contributed by atoms with Crippen LogP contribution in [0.1, 0.15) is 36.7 Å². The third-order valence-corrected chi connectivity index (χ3v) is 4.17. The number of carbonyl (C=O) groups is 1. The van der Waals surface area contributed by atoms with Crippen molar-refractivity contribution in [1.29, 1.82) is 0 Å². The quantitative estimate of drug-likeness (QED) is 0.879. The number of carbonyl (C=O) groups excluding carboxylic acids is 1. The van der Waals surface area contributed by atoms with Crippen molar-refractivity contribution >= 4 is 11.7 Å². The van der Waals surface area contributed by atoms with E-state index >= 15 is 0 Å². The Labute approximate surface area is 131 Å². The Kier molecular flexibility index (Phi) is 3.04. The number of anilines is 1. The molecule has 1 unspecified atom stereocenters. The monoisotopic (exact) mass is 316 g/mol. The molecule has 0 saturated heterocycles. The molecule has 0 fully saturated rings. The summed E-state index contributed by atoms with van der Waals surface area (Å²) in [6, 6.07) is 2.65. The van der Waals surface area contributed by atoms with Gasteiger partial charge in [0.15, 0.2) is 5.78 Å². The molecule has 1 aliphatic carbocycles. The maximum atomic E-state index is 13.7. The second-order valence-electron chi connectivity index (χ2n) is 5.83. The first-order valence-electron chi connectivity index (χ1n) is 7.45. The molecule has 7 heteroatoms. The topological polar surface area (TPSA) is 59.8 Å². The summed E-state index contributed by atoms with van der Waals surface area (Å²) in [5, 5.41) is 7.45. The zero-order valence-electron chi connectivity index (χ0n) is 12.4. The van der Waals surface area contributed by atoms with Crippen LogP contribution < -0.4 is 5.32 Å². The molecule has 0 spiro atoms. The number of nitrogens with zero attached hydrogens (tertiary/aromatic N) is 3. The molecule has 1 aliphatic heterocycles. The number of halogens is 2. The van der Waals surface area contributed by atoms with Gasteiger partial charge in [0.25, 0.3) is 0 Å². The Balaban J connectivity index is 1.96. The second kappa shape index (κ2) is 4.97. The van der Waals surface area contributed by atoms with E-state index in [-0.39, 0.29) is 5.78 Å². The Morgan fingerprint density at radius 3 is 2.70 bits per heavy atom. The Morgan fingerprint density at radius 1 is 1.22 bits per heavy atom. The first-order valence-corrected chi connectivity index (χ1v) is 7.45. The van der Waals surface area contributed by atoms with Gasteiger partial charge in [0.1, 0.15) is 23.5 Å². The maximum absolute atomic E-state index is 13.7. The van der Waals surface area contributed by atoms with E-state index in [2.05, 4.69) is 15.4 Å². The summed E-state index contributed by atoms with van der Waals surface area (Å²) in [5.74, 6) is -0.357. The highest BCUT2D eigenvalue weighted by atomic mass is 19.1. The van der Waals surface area contributed by atoms with Crippen LogP contribution in [0.5, 0.6) is 0 Å². The fraction of sp³-hybridized carbons (Fsp3) is 0.312. The average Bonchev–Trinajstić information content (AvgIpc) is 2.84. The highest BCUT2D eigenvalue weighted by Crippen LogP contribution is 2.40. The van der Waals surface area contributed by atoms with Crippen LogP contribution in [0.2, 0.25) is 0 Å². The molecular formula is C16H14F2N4O. The molecule has 23 heavy (non-hydrogen) atoms. The van der Waals surface area contributed by atoms with Gasteiger partial charge < -0.3 is 5.32 Å². The predicted molar refractivity (Wildman–Crippen MR) is 78.8 cm³/mol. The minimum Gasteiger partial charge on any atom is -0.328 e. The minimum absolute atomic E-state index is 0.0211. The normalized spacial score (nSPS) is 20.1. The molecule has 1 aromatic carbocycles. The van der Waals surface area contributed by atoms with Crippen LogP contribution >= 0.6 is 0 Å². The van der Waals surface area contributed by atoms with Crippen LogP contribution in [-0.2, 0) is 4.79 Å². The van der Waals surface area contributed by atoms with Crippen LogP contribution in [-0.4, -0.2) is 20.5 Å².